The van der Waals surface area contributed by atoms with Crippen LogP contribution in [0.1, 0.15) is 18.4 Å². The maximum Gasteiger partial charge on any atom is 0.248 e. The van der Waals surface area contributed by atoms with Gasteiger partial charge in [0.15, 0.2) is 0 Å². The Morgan fingerprint density at radius 2 is 2.19 bits per heavy atom. The van der Waals surface area contributed by atoms with Gasteiger partial charge in [-0.05, 0) is 43.0 Å². The molecule has 2 fully saturated rings. The zero-order valence-corrected chi connectivity index (χ0v) is 12.2. The number of benzene rings is 1. The van der Waals surface area contributed by atoms with Crippen molar-refractivity contribution < 1.29 is 13.9 Å². The highest BCUT2D eigenvalue weighted by atomic mass is 19.1. The number of hydrogen-bond acceptors (Lipinski definition) is 3. The maximum atomic E-state index is 12.9. The third kappa shape index (κ3) is 3.24. The van der Waals surface area contributed by atoms with Crippen LogP contribution in [-0.2, 0) is 16.1 Å². The van der Waals surface area contributed by atoms with E-state index in [0.29, 0.717) is 5.92 Å². The number of piperidine rings is 1. The summed E-state index contributed by atoms with van der Waals surface area (Å²) in [5.41, 5.74) is 1.11. The fourth-order valence-electron chi connectivity index (χ4n) is 3.32. The highest BCUT2D eigenvalue weighted by Gasteiger charge is 2.41. The summed E-state index contributed by atoms with van der Waals surface area (Å²) in [5, 5.41) is 2.66. The number of halogens is 1. The molecule has 2 aliphatic heterocycles. The van der Waals surface area contributed by atoms with Crippen LogP contribution in [0.25, 0.3) is 0 Å². The number of hydrogen-bond donors (Lipinski definition) is 1. The van der Waals surface area contributed by atoms with Crippen LogP contribution in [0.5, 0.6) is 0 Å². The van der Waals surface area contributed by atoms with Gasteiger partial charge in [0.25, 0.3) is 0 Å². The molecule has 4 nitrogen and oxygen atoms in total. The first-order chi connectivity index (χ1) is 10.2. The van der Waals surface area contributed by atoms with Crippen molar-refractivity contribution in [3.63, 3.8) is 0 Å². The molecule has 0 unspecified atom stereocenters. The number of carbonyl (C=O) groups is 1. The van der Waals surface area contributed by atoms with Crippen molar-refractivity contribution in [1.82, 2.24) is 10.2 Å². The van der Waals surface area contributed by atoms with Crippen LogP contribution in [0.3, 0.4) is 0 Å². The molecule has 0 bridgehead atoms. The summed E-state index contributed by atoms with van der Waals surface area (Å²) in [6, 6.07) is 6.64. The lowest BCUT2D eigenvalue weighted by Crippen LogP contribution is -2.42. The van der Waals surface area contributed by atoms with E-state index in [1.54, 1.807) is 7.05 Å². The lowest BCUT2D eigenvalue weighted by atomic mass is 9.91. The van der Waals surface area contributed by atoms with Gasteiger partial charge in [-0.1, -0.05) is 12.1 Å². The number of nitrogens with one attached hydrogen (secondary N) is 1. The minimum atomic E-state index is -0.296. The van der Waals surface area contributed by atoms with Crippen LogP contribution in [0.15, 0.2) is 24.3 Å². The molecule has 1 N–H and O–H groups in total. The van der Waals surface area contributed by atoms with E-state index < -0.39 is 0 Å². The minimum absolute atomic E-state index is 0.0190. The zero-order valence-electron chi connectivity index (χ0n) is 12.2. The Hall–Kier alpha value is -1.46. The van der Waals surface area contributed by atoms with Gasteiger partial charge in [-0.15, -0.1) is 0 Å². The van der Waals surface area contributed by atoms with Crippen molar-refractivity contribution in [3.8, 4) is 0 Å². The van der Waals surface area contributed by atoms with E-state index in [0.717, 1.165) is 38.0 Å². The quantitative estimate of drug-likeness (QED) is 0.919. The normalized spacial score (nSPS) is 29.1. The molecule has 2 saturated heterocycles. The largest absolute Gasteiger partial charge is 0.364 e. The van der Waals surface area contributed by atoms with E-state index in [1.807, 2.05) is 12.1 Å². The van der Waals surface area contributed by atoms with Gasteiger partial charge in [-0.2, -0.15) is 0 Å². The van der Waals surface area contributed by atoms with Crippen LogP contribution in [0.4, 0.5) is 4.39 Å². The van der Waals surface area contributed by atoms with Gasteiger partial charge in [0.1, 0.15) is 11.9 Å². The number of carbonyl (C=O) groups excluding carboxylic acids is 1. The Balaban J connectivity index is 1.57. The van der Waals surface area contributed by atoms with Crippen LogP contribution < -0.4 is 5.32 Å². The summed E-state index contributed by atoms with van der Waals surface area (Å²) in [4.78, 5) is 14.0. The Bertz CT molecular complexity index is 506. The molecule has 0 aliphatic carbocycles. The van der Waals surface area contributed by atoms with E-state index in [1.165, 1.54) is 12.1 Å². The molecule has 2 heterocycles. The van der Waals surface area contributed by atoms with E-state index >= 15 is 0 Å². The smallest absolute Gasteiger partial charge is 0.248 e. The topological polar surface area (TPSA) is 41.6 Å². The van der Waals surface area contributed by atoms with Gasteiger partial charge in [0.2, 0.25) is 5.91 Å². The molecular formula is C16H21FN2O2. The SMILES string of the molecule is CNC(=O)[C@@H]1C[C@H]2CCN(Cc3ccc(F)cc3)C[C@@H]2O1. The van der Waals surface area contributed by atoms with Crippen LogP contribution >= 0.6 is 0 Å². The van der Waals surface area contributed by atoms with Crippen LogP contribution in [0, 0.1) is 11.7 Å². The molecule has 114 valence electrons. The second-order valence-electron chi connectivity index (χ2n) is 5.92. The average Bonchev–Trinajstić information content (AvgIpc) is 2.92. The van der Waals surface area contributed by atoms with Crippen molar-refractivity contribution in [3.05, 3.63) is 35.6 Å². The van der Waals surface area contributed by atoms with Crippen LogP contribution in [0.2, 0.25) is 0 Å². The molecule has 1 aromatic rings. The summed E-state index contributed by atoms with van der Waals surface area (Å²) >= 11 is 0. The number of ether oxygens (including phenoxy) is 1. The lowest BCUT2D eigenvalue weighted by molar-refractivity contribution is -0.132. The summed E-state index contributed by atoms with van der Waals surface area (Å²) in [5.74, 6) is 0.260. The number of fused-ring (bicyclic) bond motifs is 1. The molecule has 3 atom stereocenters. The van der Waals surface area contributed by atoms with Crippen molar-refractivity contribution in [2.75, 3.05) is 20.1 Å². The fraction of sp³-hybridized carbons (Fsp3) is 0.562. The molecule has 0 radical (unpaired) electrons. The monoisotopic (exact) mass is 292 g/mol. The summed E-state index contributed by atoms with van der Waals surface area (Å²) in [6.07, 6.45) is 1.73. The molecule has 0 aromatic heterocycles. The fourth-order valence-corrected chi connectivity index (χ4v) is 3.32. The highest BCUT2D eigenvalue weighted by molar-refractivity contribution is 5.80. The third-order valence-electron chi connectivity index (χ3n) is 4.49. The highest BCUT2D eigenvalue weighted by Crippen LogP contribution is 2.33. The number of likely N-dealkylation sites (tertiary alicyclic amines) is 1. The molecular weight excluding hydrogens is 271 g/mol. The summed E-state index contributed by atoms with van der Waals surface area (Å²) in [7, 11) is 1.65. The van der Waals surface area contributed by atoms with Crippen molar-refractivity contribution >= 4 is 5.91 Å². The van der Waals surface area contributed by atoms with Crippen LogP contribution in [-0.4, -0.2) is 43.2 Å². The van der Waals surface area contributed by atoms with E-state index in [-0.39, 0.29) is 23.9 Å². The minimum Gasteiger partial charge on any atom is -0.364 e. The second-order valence-corrected chi connectivity index (χ2v) is 5.92. The standard InChI is InChI=1S/C16H21FN2O2/c1-18-16(20)14-8-12-6-7-19(10-15(12)21-14)9-11-2-4-13(17)5-3-11/h2-5,12,14-15H,6-10H2,1H3,(H,18,20)/t12-,14+,15+/m1/s1. The van der Waals surface area contributed by atoms with Gasteiger partial charge in [0.05, 0.1) is 6.10 Å². The van der Waals surface area contributed by atoms with Gasteiger partial charge >= 0.3 is 0 Å². The lowest BCUT2D eigenvalue weighted by Gasteiger charge is -2.34. The Labute approximate surface area is 124 Å². The predicted molar refractivity (Wildman–Crippen MR) is 77.1 cm³/mol. The van der Waals surface area contributed by atoms with E-state index in [4.69, 9.17) is 4.74 Å². The molecule has 0 saturated carbocycles. The first kappa shape index (κ1) is 14.5. The number of nitrogens with zero attached hydrogens (tertiary/aromatic N) is 1. The van der Waals surface area contributed by atoms with Gasteiger partial charge in [-0.3, -0.25) is 9.69 Å². The van der Waals surface area contributed by atoms with Crippen molar-refractivity contribution in [2.24, 2.45) is 5.92 Å². The molecule has 21 heavy (non-hydrogen) atoms. The molecule has 3 rings (SSSR count). The Morgan fingerprint density at radius 3 is 2.90 bits per heavy atom. The predicted octanol–water partition coefficient (Wildman–Crippen LogP) is 1.55. The van der Waals surface area contributed by atoms with E-state index in [9.17, 15) is 9.18 Å². The molecule has 0 spiro atoms. The van der Waals surface area contributed by atoms with Crippen molar-refractivity contribution in [2.45, 2.75) is 31.6 Å². The van der Waals surface area contributed by atoms with Crippen molar-refractivity contribution in [1.29, 1.82) is 0 Å². The Kier molecular flexibility index (Phi) is 4.22. The van der Waals surface area contributed by atoms with Gasteiger partial charge < -0.3 is 10.1 Å². The molecule has 1 amide bonds. The zero-order chi connectivity index (χ0) is 14.8. The maximum absolute atomic E-state index is 12.9. The second kappa shape index (κ2) is 6.12. The van der Waals surface area contributed by atoms with Gasteiger partial charge in [0, 0.05) is 20.1 Å². The molecule has 1 aromatic carbocycles. The number of amides is 1. The average molecular weight is 292 g/mol. The van der Waals surface area contributed by atoms with E-state index in [2.05, 4.69) is 10.2 Å². The first-order valence-electron chi connectivity index (χ1n) is 7.49. The molecule has 2 aliphatic rings. The molecule has 5 heteroatoms. The Morgan fingerprint density at radius 1 is 1.43 bits per heavy atom. The van der Waals surface area contributed by atoms with Gasteiger partial charge in [-0.25, -0.2) is 4.39 Å². The summed E-state index contributed by atoms with van der Waals surface area (Å²) in [6.45, 7) is 2.65. The summed E-state index contributed by atoms with van der Waals surface area (Å²) < 4.78 is 18.8. The number of likely N-dealkylation sites (N-methyl/N-ethyl adjacent to an activating group) is 1. The third-order valence-corrected chi connectivity index (χ3v) is 4.49. The first-order valence-corrected chi connectivity index (χ1v) is 7.49. The number of rotatable bonds is 3.